The lowest BCUT2D eigenvalue weighted by atomic mass is 9.88. The molecule has 21 heavy (non-hydrogen) atoms. The molecule has 2 unspecified atom stereocenters. The highest BCUT2D eigenvalue weighted by atomic mass is 35.5. The van der Waals surface area contributed by atoms with E-state index >= 15 is 0 Å². The zero-order chi connectivity index (χ0) is 13.9. The van der Waals surface area contributed by atoms with Crippen LogP contribution in [-0.2, 0) is 6.54 Å². The first-order valence-electron chi connectivity index (χ1n) is 7.44. The molecule has 2 aliphatic rings. The summed E-state index contributed by atoms with van der Waals surface area (Å²) in [6.45, 7) is 5.71. The molecule has 5 heteroatoms. The SMILES string of the molecule is COc1ccc(OC)c(CN2CCC3CNCC3C2)c1.Cl. The minimum Gasteiger partial charge on any atom is -0.497 e. The number of ether oxygens (including phenoxy) is 2. The van der Waals surface area contributed by atoms with Gasteiger partial charge >= 0.3 is 0 Å². The molecule has 2 atom stereocenters. The first-order valence-corrected chi connectivity index (χ1v) is 7.44. The molecule has 0 amide bonds. The van der Waals surface area contributed by atoms with Gasteiger partial charge in [-0.2, -0.15) is 0 Å². The summed E-state index contributed by atoms with van der Waals surface area (Å²) >= 11 is 0. The Labute approximate surface area is 133 Å². The summed E-state index contributed by atoms with van der Waals surface area (Å²) in [5, 5.41) is 3.52. The third kappa shape index (κ3) is 3.62. The van der Waals surface area contributed by atoms with E-state index in [9.17, 15) is 0 Å². The molecule has 4 nitrogen and oxygen atoms in total. The van der Waals surface area contributed by atoms with Gasteiger partial charge in [-0.1, -0.05) is 0 Å². The van der Waals surface area contributed by atoms with Crippen LogP contribution < -0.4 is 14.8 Å². The van der Waals surface area contributed by atoms with Gasteiger partial charge in [0.1, 0.15) is 11.5 Å². The lowest BCUT2D eigenvalue weighted by molar-refractivity contribution is 0.141. The Bertz CT molecular complexity index is 470. The average Bonchev–Trinajstić information content (AvgIpc) is 2.94. The molecule has 1 N–H and O–H groups in total. The molecule has 3 rings (SSSR count). The number of piperidine rings is 1. The number of likely N-dealkylation sites (tertiary alicyclic amines) is 1. The fourth-order valence-electron chi connectivity index (χ4n) is 3.50. The van der Waals surface area contributed by atoms with Crippen LogP contribution in [0.4, 0.5) is 0 Å². The minimum absolute atomic E-state index is 0. The molecule has 2 fully saturated rings. The normalized spacial score (nSPS) is 25.0. The van der Waals surface area contributed by atoms with Crippen LogP contribution in [0.15, 0.2) is 18.2 Å². The Balaban J connectivity index is 0.00000161. The molecule has 2 heterocycles. The minimum atomic E-state index is 0. The fraction of sp³-hybridized carbons (Fsp3) is 0.625. The van der Waals surface area contributed by atoms with Gasteiger partial charge in [0.15, 0.2) is 0 Å². The Morgan fingerprint density at radius 1 is 1.19 bits per heavy atom. The Morgan fingerprint density at radius 3 is 2.76 bits per heavy atom. The van der Waals surface area contributed by atoms with Gasteiger partial charge in [0, 0.05) is 18.7 Å². The Morgan fingerprint density at radius 2 is 2.00 bits per heavy atom. The topological polar surface area (TPSA) is 33.7 Å². The zero-order valence-corrected chi connectivity index (χ0v) is 13.6. The zero-order valence-electron chi connectivity index (χ0n) is 12.8. The van der Waals surface area contributed by atoms with Gasteiger partial charge in [-0.3, -0.25) is 4.90 Å². The van der Waals surface area contributed by atoms with Crippen LogP contribution in [0.25, 0.3) is 0 Å². The van der Waals surface area contributed by atoms with E-state index in [1.807, 2.05) is 12.1 Å². The lowest BCUT2D eigenvalue weighted by Crippen LogP contribution is -2.39. The maximum Gasteiger partial charge on any atom is 0.123 e. The van der Waals surface area contributed by atoms with Crippen LogP contribution in [0.1, 0.15) is 12.0 Å². The van der Waals surface area contributed by atoms with Crippen molar-refractivity contribution in [2.75, 3.05) is 40.4 Å². The molecule has 118 valence electrons. The maximum absolute atomic E-state index is 5.48. The predicted molar refractivity (Wildman–Crippen MR) is 86.5 cm³/mol. The number of hydrogen-bond acceptors (Lipinski definition) is 4. The van der Waals surface area contributed by atoms with Crippen LogP contribution in [0.5, 0.6) is 11.5 Å². The van der Waals surface area contributed by atoms with Gasteiger partial charge in [0.25, 0.3) is 0 Å². The molecule has 1 aromatic rings. The Hall–Kier alpha value is -0.970. The van der Waals surface area contributed by atoms with Gasteiger partial charge in [-0.05, 0) is 56.1 Å². The molecule has 0 saturated carbocycles. The third-order valence-corrected chi connectivity index (χ3v) is 4.67. The summed E-state index contributed by atoms with van der Waals surface area (Å²) in [5.41, 5.74) is 1.22. The molecular weight excluding hydrogens is 288 g/mol. The summed E-state index contributed by atoms with van der Waals surface area (Å²) < 4.78 is 10.8. The van der Waals surface area contributed by atoms with Crippen molar-refractivity contribution >= 4 is 12.4 Å². The van der Waals surface area contributed by atoms with E-state index in [2.05, 4.69) is 16.3 Å². The van der Waals surface area contributed by atoms with Crippen molar-refractivity contribution in [3.8, 4) is 11.5 Å². The second-order valence-electron chi connectivity index (χ2n) is 5.88. The third-order valence-electron chi connectivity index (χ3n) is 4.67. The van der Waals surface area contributed by atoms with E-state index < -0.39 is 0 Å². The fourth-order valence-corrected chi connectivity index (χ4v) is 3.50. The van der Waals surface area contributed by atoms with Gasteiger partial charge in [-0.25, -0.2) is 0 Å². The number of hydrogen-bond donors (Lipinski definition) is 1. The van der Waals surface area contributed by atoms with Gasteiger partial charge in [-0.15, -0.1) is 12.4 Å². The van der Waals surface area contributed by atoms with Crippen LogP contribution in [-0.4, -0.2) is 45.3 Å². The molecule has 0 aromatic heterocycles. The summed E-state index contributed by atoms with van der Waals surface area (Å²) in [4.78, 5) is 2.55. The number of nitrogens with zero attached hydrogens (tertiary/aromatic N) is 1. The predicted octanol–water partition coefficient (Wildman–Crippen LogP) is 2.17. The molecule has 0 aliphatic carbocycles. The highest BCUT2D eigenvalue weighted by Gasteiger charge is 2.32. The van der Waals surface area contributed by atoms with Crippen LogP contribution in [0.2, 0.25) is 0 Å². The molecular formula is C16H25ClN2O2. The molecule has 0 spiro atoms. The first-order chi connectivity index (χ1) is 9.80. The average molecular weight is 313 g/mol. The Kier molecular flexibility index (Phi) is 5.73. The summed E-state index contributed by atoms with van der Waals surface area (Å²) in [6, 6.07) is 6.05. The standard InChI is InChI=1S/C16H24N2O2.ClH/c1-19-15-3-4-16(20-2)13(7-15)10-18-6-5-12-8-17-9-14(12)11-18;/h3-4,7,12,14,17H,5-6,8-11H2,1-2H3;1H. The highest BCUT2D eigenvalue weighted by molar-refractivity contribution is 5.85. The summed E-state index contributed by atoms with van der Waals surface area (Å²) in [7, 11) is 3.44. The molecule has 2 saturated heterocycles. The van der Waals surface area contributed by atoms with Gasteiger partial charge in [0.05, 0.1) is 14.2 Å². The molecule has 0 bridgehead atoms. The van der Waals surface area contributed by atoms with E-state index in [4.69, 9.17) is 9.47 Å². The second kappa shape index (κ2) is 7.34. The monoisotopic (exact) mass is 312 g/mol. The van der Waals surface area contributed by atoms with Crippen molar-refractivity contribution in [1.29, 1.82) is 0 Å². The van der Waals surface area contributed by atoms with E-state index in [0.29, 0.717) is 0 Å². The van der Waals surface area contributed by atoms with Gasteiger partial charge < -0.3 is 14.8 Å². The summed E-state index contributed by atoms with van der Waals surface area (Å²) in [6.07, 6.45) is 1.31. The van der Waals surface area contributed by atoms with Crippen molar-refractivity contribution in [3.63, 3.8) is 0 Å². The molecule has 2 aliphatic heterocycles. The number of fused-ring (bicyclic) bond motifs is 1. The van der Waals surface area contributed by atoms with Gasteiger partial charge in [0.2, 0.25) is 0 Å². The van der Waals surface area contributed by atoms with Crippen molar-refractivity contribution in [1.82, 2.24) is 10.2 Å². The van der Waals surface area contributed by atoms with E-state index in [0.717, 1.165) is 29.9 Å². The highest BCUT2D eigenvalue weighted by Crippen LogP contribution is 2.30. The lowest BCUT2D eigenvalue weighted by Gasteiger charge is -2.34. The van der Waals surface area contributed by atoms with E-state index in [1.54, 1.807) is 14.2 Å². The molecule has 0 radical (unpaired) electrons. The maximum atomic E-state index is 5.48. The number of halogens is 1. The van der Waals surface area contributed by atoms with E-state index in [1.165, 1.54) is 38.2 Å². The number of rotatable bonds is 4. The van der Waals surface area contributed by atoms with Crippen molar-refractivity contribution in [2.45, 2.75) is 13.0 Å². The first kappa shape index (κ1) is 16.4. The van der Waals surface area contributed by atoms with Crippen LogP contribution >= 0.6 is 12.4 Å². The van der Waals surface area contributed by atoms with Crippen LogP contribution in [0, 0.1) is 11.8 Å². The smallest absolute Gasteiger partial charge is 0.123 e. The number of nitrogens with one attached hydrogen (secondary N) is 1. The van der Waals surface area contributed by atoms with Crippen LogP contribution in [0.3, 0.4) is 0 Å². The second-order valence-corrected chi connectivity index (χ2v) is 5.88. The quantitative estimate of drug-likeness (QED) is 0.924. The summed E-state index contributed by atoms with van der Waals surface area (Å²) in [5.74, 6) is 3.56. The van der Waals surface area contributed by atoms with E-state index in [-0.39, 0.29) is 12.4 Å². The van der Waals surface area contributed by atoms with Crippen molar-refractivity contribution < 1.29 is 9.47 Å². The van der Waals surface area contributed by atoms with Crippen molar-refractivity contribution in [3.05, 3.63) is 23.8 Å². The molecule has 1 aromatic carbocycles. The largest absolute Gasteiger partial charge is 0.497 e. The number of benzene rings is 1. The van der Waals surface area contributed by atoms with Crippen molar-refractivity contribution in [2.24, 2.45) is 11.8 Å². The number of methoxy groups -OCH3 is 2.